The second-order valence-corrected chi connectivity index (χ2v) is 23.6. The van der Waals surface area contributed by atoms with E-state index in [1.807, 2.05) is 77.8 Å². The second kappa shape index (κ2) is 15.7. The number of carbonyl (C=O) groups excluding carboxylic acids is 2. The van der Waals surface area contributed by atoms with Gasteiger partial charge in [-0.3, -0.25) is 5.01 Å². The van der Waals surface area contributed by atoms with Gasteiger partial charge in [0.05, 0.1) is 22.3 Å². The monoisotopic (exact) mass is 822 g/mol. The molecule has 2 aliphatic rings. The van der Waals surface area contributed by atoms with E-state index < -0.39 is 39.3 Å². The molecule has 1 unspecified atom stereocenters. The summed E-state index contributed by atoms with van der Waals surface area (Å²) in [4.78, 5) is 29.5. The lowest BCUT2D eigenvalue weighted by Crippen LogP contribution is -2.67. The largest absolute Gasteiger partial charge is 0.535 e. The van der Waals surface area contributed by atoms with Gasteiger partial charge in [0.2, 0.25) is 0 Å². The van der Waals surface area contributed by atoms with Gasteiger partial charge in [0.25, 0.3) is 0 Å². The molecule has 0 radical (unpaired) electrons. The van der Waals surface area contributed by atoms with Crippen LogP contribution in [0.25, 0.3) is 0 Å². The molecule has 2 heterocycles. The summed E-state index contributed by atoms with van der Waals surface area (Å²) in [6, 6.07) is 45.6. The van der Waals surface area contributed by atoms with Gasteiger partial charge in [-0.1, -0.05) is 181 Å². The first kappa shape index (κ1) is 41.9. The zero-order chi connectivity index (χ0) is 42.5. The van der Waals surface area contributed by atoms with Gasteiger partial charge in [-0.05, 0) is 58.4 Å². The van der Waals surface area contributed by atoms with E-state index in [0.717, 1.165) is 54.7 Å². The van der Waals surface area contributed by atoms with Crippen molar-refractivity contribution in [1.82, 2.24) is 9.79 Å². The highest BCUT2D eigenvalue weighted by Gasteiger charge is 2.69. The molecule has 0 spiro atoms. The lowest BCUT2D eigenvalue weighted by molar-refractivity contribution is -0.140. The Labute approximate surface area is 352 Å². The summed E-state index contributed by atoms with van der Waals surface area (Å²) in [6.07, 6.45) is 0. The summed E-state index contributed by atoms with van der Waals surface area (Å²) in [5, 5.41) is 4.99. The van der Waals surface area contributed by atoms with Crippen molar-refractivity contribution in [2.45, 2.75) is 72.9 Å². The Balaban J connectivity index is 1.70. The van der Waals surface area contributed by atoms with E-state index in [9.17, 15) is 9.59 Å². The van der Waals surface area contributed by atoms with Crippen molar-refractivity contribution in [1.29, 1.82) is 0 Å². The number of carbonyl (C=O) groups is 2. The number of nitrogens with zero attached hydrogens (tertiary/aromatic N) is 2. The van der Waals surface area contributed by atoms with Crippen molar-refractivity contribution in [2.24, 2.45) is 5.41 Å². The quantitative estimate of drug-likeness (QED) is 0.0636. The molecule has 0 N–H and O–H groups in total. The van der Waals surface area contributed by atoms with E-state index in [-0.39, 0.29) is 16.3 Å². The third-order valence-electron chi connectivity index (χ3n) is 11.4. The molecule has 0 aromatic heterocycles. The molecule has 1 saturated heterocycles. The molecule has 1 atom stereocenters. The number of hydrogen-bond donors (Lipinski definition) is 0. The number of hydrazine groups is 1. The van der Waals surface area contributed by atoms with Crippen molar-refractivity contribution in [2.75, 3.05) is 14.2 Å². The molecule has 9 heteroatoms. The van der Waals surface area contributed by atoms with Crippen molar-refractivity contribution in [3.8, 4) is 0 Å². The number of aryl methyl sites for hydroxylation is 3. The van der Waals surface area contributed by atoms with E-state index in [1.54, 1.807) is 0 Å². The number of esters is 2. The van der Waals surface area contributed by atoms with Gasteiger partial charge in [-0.15, -0.1) is 0 Å². The Morgan fingerprint density at radius 2 is 1.05 bits per heavy atom. The third-order valence-corrected chi connectivity index (χ3v) is 19.1. The highest BCUT2D eigenvalue weighted by Crippen LogP contribution is 2.75. The molecule has 0 bridgehead atoms. The van der Waals surface area contributed by atoms with Crippen molar-refractivity contribution >= 4 is 44.0 Å². The smallest absolute Gasteiger partial charge is 0.356 e. The number of benzene rings is 5. The molecule has 5 aromatic rings. The average Bonchev–Trinajstić information content (AvgIpc) is 3.48. The van der Waals surface area contributed by atoms with Crippen LogP contribution in [0.5, 0.6) is 0 Å². The van der Waals surface area contributed by atoms with Gasteiger partial charge in [0.15, 0.2) is 5.70 Å². The number of methoxy groups -OCH3 is 2. The van der Waals surface area contributed by atoms with Crippen molar-refractivity contribution in [3.05, 3.63) is 184 Å². The van der Waals surface area contributed by atoms with Crippen LogP contribution in [0, 0.1) is 26.2 Å². The fourth-order valence-electron chi connectivity index (χ4n) is 9.11. The maximum Gasteiger partial charge on any atom is 0.356 e. The number of hydrogen-bond acceptors (Lipinski definition) is 7. The van der Waals surface area contributed by atoms with Crippen LogP contribution < -0.4 is 15.7 Å². The van der Waals surface area contributed by atoms with Gasteiger partial charge in [0, 0.05) is 10.7 Å². The van der Waals surface area contributed by atoms with E-state index >= 15 is 0 Å². The summed E-state index contributed by atoms with van der Waals surface area (Å²) in [7, 11) is -2.08. The maximum absolute atomic E-state index is 14.8. The Kier molecular flexibility index (Phi) is 11.2. The van der Waals surface area contributed by atoms with Gasteiger partial charge in [-0.25, -0.2) is 9.59 Å². The van der Waals surface area contributed by atoms with Crippen LogP contribution in [0.2, 0.25) is 5.04 Å². The number of ether oxygens (including phenoxy) is 2. The fraction of sp³-hybridized carbons (Fsp3) is 0.280. The minimum absolute atomic E-state index is 0.107. The van der Waals surface area contributed by atoms with Crippen LogP contribution in [-0.2, 0) is 29.0 Å². The van der Waals surface area contributed by atoms with Crippen molar-refractivity contribution in [3.63, 3.8) is 0 Å². The Morgan fingerprint density at radius 3 is 1.44 bits per heavy atom. The van der Waals surface area contributed by atoms with E-state index in [4.69, 9.17) is 13.9 Å². The predicted molar refractivity (Wildman–Crippen MR) is 241 cm³/mol. The Morgan fingerprint density at radius 1 is 0.627 bits per heavy atom. The van der Waals surface area contributed by atoms with Gasteiger partial charge in [-0.2, -0.15) is 4.78 Å². The average molecular weight is 823 g/mol. The topological polar surface area (TPSA) is 68.3 Å². The van der Waals surface area contributed by atoms with Crippen LogP contribution >= 0.6 is 8.07 Å². The molecule has 7 nitrogen and oxygen atoms in total. The van der Waals surface area contributed by atoms with E-state index in [0.29, 0.717) is 0 Å². The zero-order valence-electron chi connectivity index (χ0n) is 36.1. The van der Waals surface area contributed by atoms with Crippen LogP contribution in [0.1, 0.15) is 69.4 Å². The van der Waals surface area contributed by atoms with Gasteiger partial charge >= 0.3 is 20.3 Å². The van der Waals surface area contributed by atoms with Gasteiger partial charge < -0.3 is 13.9 Å². The fourth-order valence-corrected chi connectivity index (χ4v) is 17.0. The summed E-state index contributed by atoms with van der Waals surface area (Å²) in [5.41, 5.74) is 4.25. The molecular weight excluding hydrogens is 768 g/mol. The van der Waals surface area contributed by atoms with Crippen LogP contribution in [0.3, 0.4) is 0 Å². The highest BCUT2D eigenvalue weighted by atomic mass is 31.1. The summed E-state index contributed by atoms with van der Waals surface area (Å²) in [6.45, 7) is 19.8. The summed E-state index contributed by atoms with van der Waals surface area (Å²) in [5.74, 6) is -0.507. The molecule has 304 valence electrons. The summed E-state index contributed by atoms with van der Waals surface area (Å²) < 4.78 is 21.8. The second-order valence-electron chi connectivity index (χ2n) is 17.5. The molecule has 7 rings (SSSR count). The van der Waals surface area contributed by atoms with E-state index in [1.165, 1.54) is 14.2 Å². The number of fused-ring (bicyclic) bond motifs is 1. The highest BCUT2D eigenvalue weighted by molar-refractivity contribution is 7.69. The first-order valence-electron chi connectivity index (χ1n) is 20.1. The molecule has 0 aliphatic carbocycles. The van der Waals surface area contributed by atoms with E-state index in [2.05, 4.69) is 128 Å². The molecule has 59 heavy (non-hydrogen) atoms. The normalized spacial score (nSPS) is 17.5. The van der Waals surface area contributed by atoms with Crippen LogP contribution in [0.15, 0.2) is 156 Å². The first-order chi connectivity index (χ1) is 28.0. The SMILES string of the molecule is COC(=O)C1=C(C(=O)OC)C(c2ccccc2)(c2ccccc2)N2N1/C(=C(\O[Si](c1ccccc1)(c1ccccc1)C(C)(C)C)C(C)(C)C)P2c1c(C)cc(C)cc1C. The van der Waals surface area contributed by atoms with Crippen LogP contribution in [-0.4, -0.2) is 44.3 Å². The number of rotatable bonds is 9. The molecule has 2 aliphatic heterocycles. The molecular formula is C50H55N2O5PSi. The maximum atomic E-state index is 14.8. The lowest BCUT2D eigenvalue weighted by atomic mass is 9.77. The van der Waals surface area contributed by atoms with Crippen LogP contribution in [0.4, 0.5) is 0 Å². The zero-order valence-corrected chi connectivity index (χ0v) is 38.0. The van der Waals surface area contributed by atoms with Crippen molar-refractivity contribution < 1.29 is 23.5 Å². The lowest BCUT2D eigenvalue weighted by Gasteiger charge is -2.59. The Bertz CT molecular complexity index is 2340. The minimum Gasteiger partial charge on any atom is -0.535 e. The molecule has 0 saturated carbocycles. The predicted octanol–water partition coefficient (Wildman–Crippen LogP) is 9.52. The first-order valence-corrected chi connectivity index (χ1v) is 23.3. The third kappa shape index (κ3) is 6.66. The molecule has 1 fully saturated rings. The Hall–Kier alpha value is -5.27. The molecule has 5 aromatic carbocycles. The minimum atomic E-state index is -3.26. The number of allylic oxidation sites excluding steroid dienone is 1. The summed E-state index contributed by atoms with van der Waals surface area (Å²) >= 11 is 0. The van der Waals surface area contributed by atoms with Gasteiger partial charge in [0.1, 0.15) is 22.3 Å². The standard InChI is InChI=1S/C50H55N2O5PSi/c1-34-32-35(2)43(36(3)33-34)58-45(44(48(4,5)6)57-59(49(7,8)9,39-28-20-14-21-29-39)40-30-22-15-23-31-40)51-42(47(54)56-11)41(46(53)55-10)50(52(51)58,37-24-16-12-17-25-37)38-26-18-13-19-27-38/h12-33H,1-11H3/b45-44+. The molecule has 0 amide bonds.